The fourth-order valence-corrected chi connectivity index (χ4v) is 3.19. The van der Waals surface area contributed by atoms with Crippen LogP contribution in [0, 0.1) is 0 Å². The van der Waals surface area contributed by atoms with Gasteiger partial charge in [-0.25, -0.2) is 4.79 Å². The highest BCUT2D eigenvalue weighted by atomic mass is 16.5. The molecule has 0 aliphatic heterocycles. The summed E-state index contributed by atoms with van der Waals surface area (Å²) in [4.78, 5) is 25.9. The molecule has 8 nitrogen and oxygen atoms in total. The Hall–Kier alpha value is -3.42. The standard InChI is InChI=1S/C21H24N4O4/c1-4-5-6-11-18(26)25(21-23-22-19(29-21)20(27)28-3)13-12-15-14-24(2)17-10-8-7-9-16(15)17/h4-5,7-10,14H,6,11-13H2,1-3H3/b5-4+. The number of aryl methyl sites for hydroxylation is 1. The Kier molecular flexibility index (Phi) is 6.43. The van der Waals surface area contributed by atoms with Crippen LogP contribution in [0.4, 0.5) is 6.01 Å². The van der Waals surface area contributed by atoms with Gasteiger partial charge in [-0.15, -0.1) is 0 Å². The molecule has 8 heteroatoms. The molecular weight excluding hydrogens is 372 g/mol. The van der Waals surface area contributed by atoms with Crippen LogP contribution < -0.4 is 4.90 Å². The number of allylic oxidation sites excluding steroid dienone is 2. The molecule has 0 aliphatic carbocycles. The number of methoxy groups -OCH3 is 1. The van der Waals surface area contributed by atoms with E-state index in [1.165, 1.54) is 12.0 Å². The first-order chi connectivity index (χ1) is 14.0. The SMILES string of the molecule is C/C=C/CCC(=O)N(CCc1cn(C)c2ccccc12)c1nnc(C(=O)OC)o1. The molecule has 0 fully saturated rings. The lowest BCUT2D eigenvalue weighted by Crippen LogP contribution is -2.33. The molecule has 0 N–H and O–H groups in total. The largest absolute Gasteiger partial charge is 0.462 e. The number of carbonyl (C=O) groups is 2. The first kappa shape index (κ1) is 20.3. The Balaban J connectivity index is 1.83. The van der Waals surface area contributed by atoms with Gasteiger partial charge in [-0.3, -0.25) is 9.69 Å². The van der Waals surface area contributed by atoms with Crippen LogP contribution in [0.25, 0.3) is 10.9 Å². The predicted octanol–water partition coefficient (Wildman–Crippen LogP) is 3.28. The van der Waals surface area contributed by atoms with Gasteiger partial charge in [0.05, 0.1) is 7.11 Å². The second kappa shape index (κ2) is 9.18. The third-order valence-electron chi connectivity index (χ3n) is 4.65. The van der Waals surface area contributed by atoms with Crippen LogP contribution in [-0.2, 0) is 23.0 Å². The van der Waals surface area contributed by atoms with E-state index in [1.807, 2.05) is 38.3 Å². The highest BCUT2D eigenvalue weighted by molar-refractivity contribution is 5.92. The van der Waals surface area contributed by atoms with E-state index in [1.54, 1.807) is 0 Å². The second-order valence-corrected chi connectivity index (χ2v) is 6.57. The molecule has 29 heavy (non-hydrogen) atoms. The lowest BCUT2D eigenvalue weighted by atomic mass is 10.1. The Labute approximate surface area is 168 Å². The summed E-state index contributed by atoms with van der Waals surface area (Å²) in [6.07, 6.45) is 7.39. The number of aromatic nitrogens is 3. The highest BCUT2D eigenvalue weighted by Gasteiger charge is 2.24. The Bertz CT molecular complexity index is 1030. The molecular formula is C21H24N4O4. The summed E-state index contributed by atoms with van der Waals surface area (Å²) >= 11 is 0. The van der Waals surface area contributed by atoms with Crippen molar-refractivity contribution in [2.75, 3.05) is 18.6 Å². The zero-order valence-corrected chi connectivity index (χ0v) is 16.8. The van der Waals surface area contributed by atoms with Crippen molar-refractivity contribution in [2.45, 2.75) is 26.2 Å². The van der Waals surface area contributed by atoms with E-state index >= 15 is 0 Å². The van der Waals surface area contributed by atoms with Crippen molar-refractivity contribution in [3.05, 3.63) is 54.1 Å². The number of carbonyl (C=O) groups excluding carboxylic acids is 2. The zero-order chi connectivity index (χ0) is 20.8. The number of hydrogen-bond donors (Lipinski definition) is 0. The van der Waals surface area contributed by atoms with Crippen molar-refractivity contribution in [3.8, 4) is 0 Å². The Morgan fingerprint density at radius 3 is 2.83 bits per heavy atom. The molecule has 2 heterocycles. The van der Waals surface area contributed by atoms with Crippen molar-refractivity contribution in [3.63, 3.8) is 0 Å². The van der Waals surface area contributed by atoms with Gasteiger partial charge in [0.25, 0.3) is 0 Å². The van der Waals surface area contributed by atoms with Gasteiger partial charge >= 0.3 is 17.9 Å². The van der Waals surface area contributed by atoms with Crippen LogP contribution in [-0.4, -0.2) is 40.3 Å². The molecule has 0 spiro atoms. The molecule has 152 valence electrons. The van der Waals surface area contributed by atoms with Gasteiger partial charge in [0, 0.05) is 37.1 Å². The molecule has 2 aromatic heterocycles. The Morgan fingerprint density at radius 2 is 2.07 bits per heavy atom. The molecule has 0 radical (unpaired) electrons. The molecule has 1 amide bonds. The van der Waals surface area contributed by atoms with Crippen molar-refractivity contribution >= 4 is 28.8 Å². The minimum atomic E-state index is -0.737. The Morgan fingerprint density at radius 1 is 1.28 bits per heavy atom. The number of amides is 1. The van der Waals surface area contributed by atoms with E-state index in [0.29, 0.717) is 25.8 Å². The maximum Gasteiger partial charge on any atom is 0.396 e. The quantitative estimate of drug-likeness (QED) is 0.429. The van der Waals surface area contributed by atoms with E-state index in [-0.39, 0.29) is 17.8 Å². The minimum absolute atomic E-state index is 0.00360. The maximum atomic E-state index is 12.8. The minimum Gasteiger partial charge on any atom is -0.462 e. The number of nitrogens with zero attached hydrogens (tertiary/aromatic N) is 4. The van der Waals surface area contributed by atoms with E-state index in [9.17, 15) is 9.59 Å². The summed E-state index contributed by atoms with van der Waals surface area (Å²) in [5, 5.41) is 8.71. The second-order valence-electron chi connectivity index (χ2n) is 6.57. The van der Waals surface area contributed by atoms with Gasteiger partial charge < -0.3 is 13.7 Å². The number of para-hydroxylation sites is 1. The molecule has 0 saturated carbocycles. The number of fused-ring (bicyclic) bond motifs is 1. The summed E-state index contributed by atoms with van der Waals surface area (Å²) < 4.78 is 12.1. The van der Waals surface area contributed by atoms with Gasteiger partial charge in [-0.1, -0.05) is 40.5 Å². The van der Waals surface area contributed by atoms with Crippen LogP contribution in [0.3, 0.4) is 0 Å². The van der Waals surface area contributed by atoms with Crippen molar-refractivity contribution in [1.29, 1.82) is 0 Å². The van der Waals surface area contributed by atoms with E-state index in [2.05, 4.69) is 37.8 Å². The number of rotatable bonds is 8. The third kappa shape index (κ3) is 4.53. The van der Waals surface area contributed by atoms with Crippen LogP contribution >= 0.6 is 0 Å². The normalized spacial score (nSPS) is 11.3. The van der Waals surface area contributed by atoms with Gasteiger partial charge in [-0.2, -0.15) is 0 Å². The molecule has 0 unspecified atom stereocenters. The van der Waals surface area contributed by atoms with Crippen molar-refractivity contribution in [1.82, 2.24) is 14.8 Å². The van der Waals surface area contributed by atoms with Gasteiger partial charge in [0.1, 0.15) is 0 Å². The van der Waals surface area contributed by atoms with Crippen LogP contribution in [0.1, 0.15) is 36.0 Å². The van der Waals surface area contributed by atoms with Crippen LogP contribution in [0.5, 0.6) is 0 Å². The number of anilines is 1. The predicted molar refractivity (Wildman–Crippen MR) is 109 cm³/mol. The third-order valence-corrected chi connectivity index (χ3v) is 4.65. The molecule has 3 rings (SSSR count). The smallest absolute Gasteiger partial charge is 0.396 e. The number of hydrogen-bond acceptors (Lipinski definition) is 6. The van der Waals surface area contributed by atoms with Gasteiger partial charge in [-0.05, 0) is 31.4 Å². The zero-order valence-electron chi connectivity index (χ0n) is 16.8. The highest BCUT2D eigenvalue weighted by Crippen LogP contribution is 2.22. The molecule has 1 aromatic carbocycles. The van der Waals surface area contributed by atoms with E-state index < -0.39 is 5.97 Å². The fourth-order valence-electron chi connectivity index (χ4n) is 3.19. The molecule has 0 atom stereocenters. The lowest BCUT2D eigenvalue weighted by Gasteiger charge is -2.17. The first-order valence-corrected chi connectivity index (χ1v) is 9.41. The average Bonchev–Trinajstić information content (AvgIpc) is 3.34. The van der Waals surface area contributed by atoms with Crippen molar-refractivity contribution in [2.24, 2.45) is 7.05 Å². The monoisotopic (exact) mass is 396 g/mol. The summed E-state index contributed by atoms with van der Waals surface area (Å²) in [6.45, 7) is 2.26. The van der Waals surface area contributed by atoms with Gasteiger partial charge in [0.2, 0.25) is 5.91 Å². The summed E-state index contributed by atoms with van der Waals surface area (Å²) in [5.74, 6) is -1.17. The van der Waals surface area contributed by atoms with Crippen LogP contribution in [0.2, 0.25) is 0 Å². The van der Waals surface area contributed by atoms with Crippen molar-refractivity contribution < 1.29 is 18.7 Å². The van der Waals surface area contributed by atoms with Crippen LogP contribution in [0.15, 0.2) is 47.0 Å². The fraction of sp³-hybridized carbons (Fsp3) is 0.333. The molecule has 3 aromatic rings. The molecule has 0 aliphatic rings. The number of benzene rings is 1. The summed E-state index contributed by atoms with van der Waals surface area (Å²) in [7, 11) is 3.22. The van der Waals surface area contributed by atoms with Gasteiger partial charge in [0.15, 0.2) is 0 Å². The number of esters is 1. The van der Waals surface area contributed by atoms with E-state index in [4.69, 9.17) is 4.42 Å². The average molecular weight is 396 g/mol. The lowest BCUT2D eigenvalue weighted by molar-refractivity contribution is -0.118. The molecule has 0 bridgehead atoms. The summed E-state index contributed by atoms with van der Waals surface area (Å²) in [5.41, 5.74) is 2.24. The molecule has 0 saturated heterocycles. The summed E-state index contributed by atoms with van der Waals surface area (Å²) in [6, 6.07) is 8.10. The first-order valence-electron chi connectivity index (χ1n) is 9.41. The number of ether oxygens (including phenoxy) is 1. The maximum absolute atomic E-state index is 12.8. The van der Waals surface area contributed by atoms with E-state index in [0.717, 1.165) is 16.5 Å². The topological polar surface area (TPSA) is 90.5 Å².